The summed E-state index contributed by atoms with van der Waals surface area (Å²) in [7, 11) is 3.27. The van der Waals surface area contributed by atoms with Crippen molar-refractivity contribution >= 4 is 17.9 Å². The van der Waals surface area contributed by atoms with Gasteiger partial charge in [0, 0.05) is 23.5 Å². The lowest BCUT2D eigenvalue weighted by atomic mass is 9.57. The Bertz CT molecular complexity index is 852. The largest absolute Gasteiger partial charge is 0.487 e. The van der Waals surface area contributed by atoms with Crippen LogP contribution in [0.15, 0.2) is 0 Å². The molecule has 1 heterocycles. The zero-order valence-corrected chi connectivity index (χ0v) is 18.3. The number of benzene rings is 1. The Morgan fingerprint density at radius 1 is 1.15 bits per heavy atom. The fourth-order valence-corrected chi connectivity index (χ4v) is 5.28. The van der Waals surface area contributed by atoms with Crippen LogP contribution in [0, 0.1) is 33.6 Å². The third-order valence-electron chi connectivity index (χ3n) is 6.30. The highest BCUT2D eigenvalue weighted by Crippen LogP contribution is 2.53. The van der Waals surface area contributed by atoms with E-state index in [-0.39, 0.29) is 19.1 Å². The second kappa shape index (κ2) is 7.06. The minimum absolute atomic E-state index is 0.0723. The molecule has 1 aliphatic heterocycles. The fourth-order valence-electron chi connectivity index (χ4n) is 4.08. The van der Waals surface area contributed by atoms with Crippen LogP contribution in [0.2, 0.25) is 0 Å². The highest BCUT2D eigenvalue weighted by Gasteiger charge is 2.55. The zero-order valence-electron chi connectivity index (χ0n) is 17.5. The highest BCUT2D eigenvalue weighted by molar-refractivity contribution is 7.88. The SMILES string of the molecule is [B]C1(N(CCOO)S(C)(=O)=O)c2c(C)c(C)c(C)c(C)c2OC(C)(C)C1C. The molecule has 0 saturated heterocycles. The third-order valence-corrected chi connectivity index (χ3v) is 7.58. The molecule has 1 aromatic carbocycles. The van der Waals surface area contributed by atoms with Crippen molar-refractivity contribution in [2.75, 3.05) is 19.4 Å². The lowest BCUT2D eigenvalue weighted by Crippen LogP contribution is -2.63. The molecule has 1 aromatic rings. The van der Waals surface area contributed by atoms with Crippen LogP contribution in [0.4, 0.5) is 0 Å². The van der Waals surface area contributed by atoms with Crippen molar-refractivity contribution in [1.29, 1.82) is 0 Å². The summed E-state index contributed by atoms with van der Waals surface area (Å²) in [6.07, 6.45) is 1.12. The van der Waals surface area contributed by atoms with Gasteiger partial charge in [-0.15, -0.1) is 0 Å². The summed E-state index contributed by atoms with van der Waals surface area (Å²) in [4.78, 5) is 4.18. The zero-order chi connectivity index (χ0) is 20.9. The standard InChI is InChI=1S/C19H30BNO5S/c1-11-12(2)14(4)17-16(13(11)3)19(20,15(5)18(6,7)26-17)21(9-10-25-22)27(8,23)24/h15,22H,9-10H2,1-8H3. The first-order valence-electron chi connectivity index (χ1n) is 9.04. The van der Waals surface area contributed by atoms with Crippen LogP contribution in [0.5, 0.6) is 5.75 Å². The molecular weight excluding hydrogens is 365 g/mol. The number of hydrogen-bond acceptors (Lipinski definition) is 5. The minimum atomic E-state index is -3.71. The number of ether oxygens (including phenoxy) is 1. The van der Waals surface area contributed by atoms with Gasteiger partial charge in [-0.3, -0.25) is 5.26 Å². The van der Waals surface area contributed by atoms with Crippen molar-refractivity contribution in [2.45, 2.75) is 59.5 Å². The predicted molar refractivity (Wildman–Crippen MR) is 107 cm³/mol. The normalized spacial score (nSPS) is 24.6. The van der Waals surface area contributed by atoms with E-state index in [9.17, 15) is 8.42 Å². The van der Waals surface area contributed by atoms with Gasteiger partial charge in [-0.2, -0.15) is 4.31 Å². The van der Waals surface area contributed by atoms with Crippen molar-refractivity contribution in [1.82, 2.24) is 4.31 Å². The summed E-state index contributed by atoms with van der Waals surface area (Å²) in [6.45, 7) is 13.4. The van der Waals surface area contributed by atoms with Gasteiger partial charge in [-0.1, -0.05) is 6.92 Å². The van der Waals surface area contributed by atoms with Crippen molar-refractivity contribution in [3.63, 3.8) is 0 Å². The van der Waals surface area contributed by atoms with Gasteiger partial charge in [0.15, 0.2) is 0 Å². The van der Waals surface area contributed by atoms with Crippen LogP contribution < -0.4 is 4.74 Å². The molecule has 0 aromatic heterocycles. The lowest BCUT2D eigenvalue weighted by molar-refractivity contribution is -0.243. The molecule has 6 nitrogen and oxygen atoms in total. The average Bonchev–Trinajstić information content (AvgIpc) is 2.55. The molecule has 2 atom stereocenters. The van der Waals surface area contributed by atoms with E-state index in [4.69, 9.17) is 17.8 Å². The van der Waals surface area contributed by atoms with Crippen molar-refractivity contribution < 1.29 is 23.3 Å². The van der Waals surface area contributed by atoms with E-state index in [2.05, 4.69) is 4.89 Å². The number of hydrogen-bond donors (Lipinski definition) is 1. The number of rotatable bonds is 5. The van der Waals surface area contributed by atoms with Gasteiger partial charge >= 0.3 is 0 Å². The van der Waals surface area contributed by atoms with E-state index >= 15 is 0 Å². The molecule has 2 rings (SSSR count). The van der Waals surface area contributed by atoms with E-state index < -0.39 is 21.1 Å². The third kappa shape index (κ3) is 3.41. The van der Waals surface area contributed by atoms with Crippen LogP contribution in [0.25, 0.3) is 0 Å². The molecule has 0 aliphatic carbocycles. The first-order chi connectivity index (χ1) is 12.2. The number of fused-ring (bicyclic) bond motifs is 1. The summed E-state index contributed by atoms with van der Waals surface area (Å²) in [6, 6.07) is 0. The molecule has 0 bridgehead atoms. The Balaban J connectivity index is 2.94. The van der Waals surface area contributed by atoms with E-state index in [1.54, 1.807) is 0 Å². The summed E-state index contributed by atoms with van der Waals surface area (Å²) >= 11 is 0. The maximum Gasteiger partial charge on any atom is 0.211 e. The molecule has 8 heteroatoms. The van der Waals surface area contributed by atoms with Crippen molar-refractivity contribution in [3.05, 3.63) is 27.8 Å². The van der Waals surface area contributed by atoms with Crippen LogP contribution >= 0.6 is 0 Å². The molecule has 0 spiro atoms. The first kappa shape index (κ1) is 22.2. The first-order valence-corrected chi connectivity index (χ1v) is 10.9. The molecule has 0 fully saturated rings. The summed E-state index contributed by atoms with van der Waals surface area (Å²) in [5.74, 6) is 0.269. The monoisotopic (exact) mass is 395 g/mol. The second-order valence-corrected chi connectivity index (χ2v) is 10.0. The van der Waals surface area contributed by atoms with Gasteiger partial charge in [0.05, 0.1) is 12.9 Å². The molecule has 150 valence electrons. The highest BCUT2D eigenvalue weighted by atomic mass is 32.2. The molecular formula is C19H30BNO5S. The van der Waals surface area contributed by atoms with Crippen LogP contribution in [-0.2, 0) is 20.3 Å². The quantitative estimate of drug-likeness (QED) is 0.471. The van der Waals surface area contributed by atoms with Crippen LogP contribution in [-0.4, -0.2) is 50.8 Å². The number of nitrogens with zero attached hydrogens (tertiary/aromatic N) is 1. The minimum Gasteiger partial charge on any atom is -0.487 e. The average molecular weight is 395 g/mol. The summed E-state index contributed by atoms with van der Waals surface area (Å²) in [5.41, 5.74) is 2.65. The summed E-state index contributed by atoms with van der Waals surface area (Å²) < 4.78 is 33.0. The van der Waals surface area contributed by atoms with E-state index in [0.29, 0.717) is 11.3 Å². The molecule has 0 saturated carbocycles. The number of sulfonamides is 1. The van der Waals surface area contributed by atoms with Crippen LogP contribution in [0.3, 0.4) is 0 Å². The Morgan fingerprint density at radius 2 is 1.67 bits per heavy atom. The fraction of sp³-hybridized carbons (Fsp3) is 0.684. The Hall–Kier alpha value is -1.09. The van der Waals surface area contributed by atoms with Gasteiger partial charge in [0.1, 0.15) is 19.2 Å². The Kier molecular flexibility index (Phi) is 5.81. The second-order valence-electron chi connectivity index (χ2n) is 8.13. The van der Waals surface area contributed by atoms with Gasteiger partial charge < -0.3 is 4.74 Å². The van der Waals surface area contributed by atoms with Gasteiger partial charge in [-0.25, -0.2) is 13.3 Å². The Labute approximate surface area is 164 Å². The topological polar surface area (TPSA) is 76.1 Å². The molecule has 27 heavy (non-hydrogen) atoms. The molecule has 1 aliphatic rings. The molecule has 1 N–H and O–H groups in total. The van der Waals surface area contributed by atoms with Crippen LogP contribution in [0.1, 0.15) is 48.6 Å². The molecule has 2 radical (unpaired) electrons. The van der Waals surface area contributed by atoms with Crippen molar-refractivity contribution in [3.8, 4) is 5.75 Å². The Morgan fingerprint density at radius 3 is 2.15 bits per heavy atom. The maximum absolute atomic E-state index is 12.7. The van der Waals surface area contributed by atoms with Gasteiger partial charge in [0.2, 0.25) is 10.0 Å². The van der Waals surface area contributed by atoms with Gasteiger partial charge in [0.25, 0.3) is 0 Å². The summed E-state index contributed by atoms with van der Waals surface area (Å²) in [5, 5.41) is 8.82. The van der Waals surface area contributed by atoms with E-state index in [1.807, 2.05) is 48.5 Å². The van der Waals surface area contributed by atoms with Crippen molar-refractivity contribution in [2.24, 2.45) is 5.92 Å². The van der Waals surface area contributed by atoms with E-state index in [1.165, 1.54) is 4.31 Å². The van der Waals surface area contributed by atoms with Gasteiger partial charge in [-0.05, 0) is 63.8 Å². The molecule has 2 unspecified atom stereocenters. The maximum atomic E-state index is 12.7. The smallest absolute Gasteiger partial charge is 0.211 e. The predicted octanol–water partition coefficient (Wildman–Crippen LogP) is 2.80. The van der Waals surface area contributed by atoms with E-state index in [0.717, 1.165) is 28.5 Å². The molecule has 0 amide bonds. The lowest BCUT2D eigenvalue weighted by Gasteiger charge is -2.55.